The third-order valence-electron chi connectivity index (χ3n) is 3.30. The van der Waals surface area contributed by atoms with E-state index in [9.17, 15) is 4.79 Å². The normalized spacial score (nSPS) is 11.3. The summed E-state index contributed by atoms with van der Waals surface area (Å²) < 4.78 is 5.41. The summed E-state index contributed by atoms with van der Waals surface area (Å²) in [5.41, 5.74) is 8.56. The molecule has 0 fully saturated rings. The smallest absolute Gasteiger partial charge is 0.410 e. The number of rotatable bonds is 4. The first-order chi connectivity index (χ1) is 10.8. The van der Waals surface area contributed by atoms with Gasteiger partial charge in [-0.15, -0.1) is 11.3 Å². The largest absolute Gasteiger partial charge is 0.444 e. The second kappa shape index (κ2) is 7.15. The Morgan fingerprint density at radius 2 is 2.00 bits per heavy atom. The minimum atomic E-state index is -0.492. The zero-order valence-electron chi connectivity index (χ0n) is 14.1. The fourth-order valence-corrected chi connectivity index (χ4v) is 2.99. The van der Waals surface area contributed by atoms with E-state index in [1.165, 1.54) is 0 Å². The van der Waals surface area contributed by atoms with E-state index in [1.807, 2.05) is 39.0 Å². The second-order valence-electron chi connectivity index (χ2n) is 6.50. The van der Waals surface area contributed by atoms with Crippen LogP contribution in [0.25, 0.3) is 11.1 Å². The number of benzene rings is 1. The molecule has 0 unspecified atom stereocenters. The van der Waals surface area contributed by atoms with Crippen LogP contribution < -0.4 is 5.73 Å². The Hall–Kier alpha value is -1.85. The number of nitrogens with two attached hydrogens (primary N) is 1. The summed E-state index contributed by atoms with van der Waals surface area (Å²) in [6.07, 6.45) is -0.319. The minimum Gasteiger partial charge on any atom is -0.444 e. The van der Waals surface area contributed by atoms with E-state index in [1.54, 1.807) is 23.3 Å². The third-order valence-corrected chi connectivity index (χ3v) is 4.26. The summed E-state index contributed by atoms with van der Waals surface area (Å²) in [7, 11) is 1.75. The molecule has 0 aliphatic heterocycles. The number of nitrogens with zero attached hydrogens (tertiary/aromatic N) is 1. The number of carbonyl (C=O) groups excluding carboxylic acids is 1. The van der Waals surface area contributed by atoms with Crippen molar-refractivity contribution in [1.82, 2.24) is 4.90 Å². The molecule has 2 aromatic rings. The number of hydrogen-bond acceptors (Lipinski definition) is 4. The molecule has 1 heterocycles. The maximum atomic E-state index is 12.2. The van der Waals surface area contributed by atoms with Gasteiger partial charge in [0.1, 0.15) is 5.60 Å². The monoisotopic (exact) mass is 332 g/mol. The molecule has 0 aliphatic carbocycles. The molecule has 0 saturated heterocycles. The van der Waals surface area contributed by atoms with Crippen LogP contribution in [0.5, 0.6) is 0 Å². The van der Waals surface area contributed by atoms with Crippen LogP contribution in [0, 0.1) is 0 Å². The second-order valence-corrected chi connectivity index (χ2v) is 7.50. The van der Waals surface area contributed by atoms with E-state index >= 15 is 0 Å². The van der Waals surface area contributed by atoms with Crippen LogP contribution in [0.4, 0.5) is 4.79 Å². The van der Waals surface area contributed by atoms with Crippen LogP contribution in [0.3, 0.4) is 0 Å². The summed E-state index contributed by atoms with van der Waals surface area (Å²) in [6, 6.07) is 10.2. The van der Waals surface area contributed by atoms with Gasteiger partial charge in [-0.05, 0) is 48.9 Å². The van der Waals surface area contributed by atoms with Crippen molar-refractivity contribution in [2.75, 3.05) is 7.05 Å². The Labute approximate surface area is 141 Å². The molecule has 2 N–H and O–H groups in total. The van der Waals surface area contributed by atoms with Gasteiger partial charge in [-0.2, -0.15) is 0 Å². The van der Waals surface area contributed by atoms with Crippen LogP contribution in [-0.4, -0.2) is 23.6 Å². The molecule has 124 valence electrons. The van der Waals surface area contributed by atoms with Gasteiger partial charge in [0.15, 0.2) is 0 Å². The molecule has 0 radical (unpaired) electrons. The van der Waals surface area contributed by atoms with Crippen LogP contribution >= 0.6 is 11.3 Å². The lowest BCUT2D eigenvalue weighted by atomic mass is 10.0. The maximum absolute atomic E-state index is 12.2. The lowest BCUT2D eigenvalue weighted by Crippen LogP contribution is -2.33. The lowest BCUT2D eigenvalue weighted by Gasteiger charge is -2.25. The molecule has 1 aromatic heterocycles. The molecule has 0 spiro atoms. The van der Waals surface area contributed by atoms with Crippen LogP contribution in [-0.2, 0) is 17.8 Å². The van der Waals surface area contributed by atoms with Gasteiger partial charge in [0.2, 0.25) is 0 Å². The summed E-state index contributed by atoms with van der Waals surface area (Å²) in [6.45, 7) is 6.65. The first-order valence-electron chi connectivity index (χ1n) is 7.60. The Kier molecular flexibility index (Phi) is 5.44. The van der Waals surface area contributed by atoms with Crippen molar-refractivity contribution < 1.29 is 9.53 Å². The molecular weight excluding hydrogens is 308 g/mol. The minimum absolute atomic E-state index is 0.319. The number of amides is 1. The van der Waals surface area contributed by atoms with Crippen molar-refractivity contribution in [1.29, 1.82) is 0 Å². The molecular formula is C18H24N2O2S. The predicted molar refractivity (Wildman–Crippen MR) is 95.3 cm³/mol. The molecule has 0 aliphatic rings. The Morgan fingerprint density at radius 1 is 1.30 bits per heavy atom. The topological polar surface area (TPSA) is 55.6 Å². The Morgan fingerprint density at radius 3 is 2.61 bits per heavy atom. The molecule has 0 bridgehead atoms. The number of hydrogen-bond donors (Lipinski definition) is 1. The first-order valence-corrected chi connectivity index (χ1v) is 8.48. The average molecular weight is 332 g/mol. The average Bonchev–Trinajstić information content (AvgIpc) is 2.94. The van der Waals surface area contributed by atoms with Gasteiger partial charge in [0.05, 0.1) is 0 Å². The molecule has 1 aromatic carbocycles. The summed E-state index contributed by atoms with van der Waals surface area (Å²) in [5, 5.41) is 2.11. The van der Waals surface area contributed by atoms with Crippen molar-refractivity contribution in [3.05, 3.63) is 46.2 Å². The van der Waals surface area contributed by atoms with Crippen molar-refractivity contribution in [2.45, 2.75) is 39.5 Å². The van der Waals surface area contributed by atoms with E-state index in [-0.39, 0.29) is 6.09 Å². The van der Waals surface area contributed by atoms with Crippen LogP contribution in [0.1, 0.15) is 31.2 Å². The Bertz CT molecular complexity index is 674. The molecule has 2 rings (SSSR count). The quantitative estimate of drug-likeness (QED) is 0.911. The van der Waals surface area contributed by atoms with Gasteiger partial charge in [0.25, 0.3) is 0 Å². The van der Waals surface area contributed by atoms with Gasteiger partial charge < -0.3 is 15.4 Å². The highest BCUT2D eigenvalue weighted by molar-refractivity contribution is 7.10. The van der Waals surface area contributed by atoms with E-state index in [0.29, 0.717) is 13.1 Å². The van der Waals surface area contributed by atoms with Crippen LogP contribution in [0.2, 0.25) is 0 Å². The molecule has 1 amide bonds. The van der Waals surface area contributed by atoms with Crippen molar-refractivity contribution in [3.8, 4) is 11.1 Å². The van der Waals surface area contributed by atoms with E-state index < -0.39 is 5.60 Å². The van der Waals surface area contributed by atoms with Gasteiger partial charge >= 0.3 is 6.09 Å². The van der Waals surface area contributed by atoms with Crippen molar-refractivity contribution in [2.24, 2.45) is 5.73 Å². The highest BCUT2D eigenvalue weighted by Gasteiger charge is 2.20. The third kappa shape index (κ3) is 4.81. The maximum Gasteiger partial charge on any atom is 0.410 e. The number of ether oxygens (including phenoxy) is 1. The predicted octanol–water partition coefficient (Wildman–Crippen LogP) is 4.24. The molecule has 0 atom stereocenters. The summed E-state index contributed by atoms with van der Waals surface area (Å²) in [4.78, 5) is 14.9. The van der Waals surface area contributed by atoms with E-state index in [2.05, 4.69) is 17.5 Å². The zero-order valence-corrected chi connectivity index (χ0v) is 14.9. The molecule has 23 heavy (non-hydrogen) atoms. The highest BCUT2D eigenvalue weighted by atomic mass is 32.1. The van der Waals surface area contributed by atoms with Gasteiger partial charge in [-0.25, -0.2) is 4.79 Å². The number of carbonyl (C=O) groups is 1. The van der Waals surface area contributed by atoms with Crippen molar-refractivity contribution >= 4 is 17.4 Å². The zero-order chi connectivity index (χ0) is 17.0. The van der Waals surface area contributed by atoms with Gasteiger partial charge in [-0.1, -0.05) is 24.3 Å². The van der Waals surface area contributed by atoms with E-state index in [4.69, 9.17) is 10.5 Å². The molecule has 5 heteroatoms. The molecule has 4 nitrogen and oxygen atoms in total. The van der Waals surface area contributed by atoms with Crippen LogP contribution in [0.15, 0.2) is 35.7 Å². The lowest BCUT2D eigenvalue weighted by molar-refractivity contribution is 0.0285. The highest BCUT2D eigenvalue weighted by Crippen LogP contribution is 2.29. The van der Waals surface area contributed by atoms with Crippen molar-refractivity contribution in [3.63, 3.8) is 0 Å². The number of thiophene rings is 1. The van der Waals surface area contributed by atoms with E-state index in [0.717, 1.165) is 21.6 Å². The van der Waals surface area contributed by atoms with Gasteiger partial charge in [0, 0.05) is 25.0 Å². The van der Waals surface area contributed by atoms with Gasteiger partial charge in [-0.3, -0.25) is 0 Å². The first kappa shape index (κ1) is 17.5. The Balaban J connectivity index is 2.19. The summed E-state index contributed by atoms with van der Waals surface area (Å²) >= 11 is 1.66. The summed E-state index contributed by atoms with van der Waals surface area (Å²) in [5.74, 6) is 0. The standard InChI is InChI=1S/C18H24N2O2S/c1-18(2,3)22-17(21)20(4)11-13-7-5-6-8-16(13)14-9-15(10-19)23-12-14/h5-9,12H,10-11,19H2,1-4H3. The SMILES string of the molecule is CN(Cc1ccccc1-c1csc(CN)c1)C(=O)OC(C)(C)C. The molecule has 0 saturated carbocycles. The fraction of sp³-hybridized carbons (Fsp3) is 0.389. The fourth-order valence-electron chi connectivity index (χ4n) is 2.23.